The molecule has 1 aromatic rings. The minimum absolute atomic E-state index is 0.0137. The molecular weight excluding hydrogens is 468 g/mol. The van der Waals surface area contributed by atoms with Crippen molar-refractivity contribution in [3.8, 4) is 5.75 Å². The number of nitrogens with two attached hydrogens (primary N) is 2. The molecule has 1 amide bonds. The lowest BCUT2D eigenvalue weighted by molar-refractivity contribution is -0.148. The number of hydrogen-bond acceptors (Lipinski definition) is 10. The maximum absolute atomic E-state index is 13.8. The zero-order valence-electron chi connectivity index (χ0n) is 20.7. The first-order chi connectivity index (χ1) is 16.8. The molecule has 4 atom stereocenters. The first-order valence-electron chi connectivity index (χ1n) is 11.9. The number of nitrogen functional groups attached to an aromatic ring is 1. The highest BCUT2D eigenvalue weighted by molar-refractivity contribution is 6.25. The summed E-state index contributed by atoms with van der Waals surface area (Å²) in [6.45, 7) is 5.13. The van der Waals surface area contributed by atoms with Crippen LogP contribution >= 0.6 is 0 Å². The van der Waals surface area contributed by atoms with Crippen molar-refractivity contribution in [3.63, 3.8) is 0 Å². The van der Waals surface area contributed by atoms with Gasteiger partial charge in [0.2, 0.25) is 5.78 Å². The molecule has 3 unspecified atom stereocenters. The number of rotatable bonds is 5. The SMILES string of the molecule is CCN(CC)c1cc(N)c(O)c2c1CC1CC3[C@H](N(C)C)C(O)=C(C(N)=O)C(=O)C3(O)C(O)=C1C2=O. The van der Waals surface area contributed by atoms with E-state index in [4.69, 9.17) is 11.5 Å². The minimum Gasteiger partial charge on any atom is -0.510 e. The van der Waals surface area contributed by atoms with E-state index in [9.17, 15) is 34.8 Å². The summed E-state index contributed by atoms with van der Waals surface area (Å²) in [5.41, 5.74) is 8.81. The molecular formula is C25H32N4O7. The smallest absolute Gasteiger partial charge is 0.255 e. The van der Waals surface area contributed by atoms with Crippen LogP contribution in [0.1, 0.15) is 36.2 Å². The molecule has 11 heteroatoms. The normalized spacial score (nSPS) is 27.7. The van der Waals surface area contributed by atoms with Gasteiger partial charge in [0.1, 0.15) is 22.8 Å². The van der Waals surface area contributed by atoms with Gasteiger partial charge in [0, 0.05) is 30.3 Å². The molecule has 36 heavy (non-hydrogen) atoms. The Bertz CT molecular complexity index is 1250. The number of carbonyl (C=O) groups is 3. The van der Waals surface area contributed by atoms with Crippen molar-refractivity contribution in [2.24, 2.45) is 17.6 Å². The van der Waals surface area contributed by atoms with Gasteiger partial charge in [0.25, 0.3) is 5.91 Å². The fourth-order valence-corrected chi connectivity index (χ4v) is 6.17. The average Bonchev–Trinajstić information content (AvgIpc) is 2.79. The quantitative estimate of drug-likeness (QED) is 0.189. The standard InChI is InChI=1S/C25H32N4O7/c1-5-29(6-2)14-9-13(26)19(30)16-11(14)7-10-8-12-18(28(3)4)21(32)17(24(27)35)23(34)25(12,36)22(33)15(10)20(16)31/h9-10,12,18,30,32-33,36H,5-8,26H2,1-4H3,(H2,27,35)/t10?,12?,18-,25?/m0/s1. The third-order valence-electron chi connectivity index (χ3n) is 7.83. The summed E-state index contributed by atoms with van der Waals surface area (Å²) in [4.78, 5) is 42.6. The number of likely N-dealkylation sites (N-methyl/N-ethyl adjacent to an activating group) is 1. The number of hydrogen-bond donors (Lipinski definition) is 6. The van der Waals surface area contributed by atoms with Crippen LogP contribution in [0.4, 0.5) is 11.4 Å². The lowest BCUT2D eigenvalue weighted by Gasteiger charge is -2.50. The van der Waals surface area contributed by atoms with Gasteiger partial charge in [-0.2, -0.15) is 0 Å². The van der Waals surface area contributed by atoms with Crippen molar-refractivity contribution in [3.05, 3.63) is 39.9 Å². The highest BCUT2D eigenvalue weighted by atomic mass is 16.3. The van der Waals surface area contributed by atoms with Crippen LogP contribution in [0.25, 0.3) is 0 Å². The third kappa shape index (κ3) is 3.22. The molecule has 3 aliphatic carbocycles. The Hall–Kier alpha value is -3.57. The van der Waals surface area contributed by atoms with Gasteiger partial charge in [0.15, 0.2) is 11.4 Å². The summed E-state index contributed by atoms with van der Waals surface area (Å²) in [6, 6.07) is 0.584. The van der Waals surface area contributed by atoms with Crippen molar-refractivity contribution in [2.75, 3.05) is 37.8 Å². The van der Waals surface area contributed by atoms with Crippen LogP contribution in [0, 0.1) is 11.8 Å². The molecule has 0 spiro atoms. The van der Waals surface area contributed by atoms with Crippen LogP contribution in [0.3, 0.4) is 0 Å². The van der Waals surface area contributed by atoms with Gasteiger partial charge in [-0.3, -0.25) is 19.3 Å². The van der Waals surface area contributed by atoms with Gasteiger partial charge in [-0.15, -0.1) is 0 Å². The minimum atomic E-state index is -2.66. The predicted molar refractivity (Wildman–Crippen MR) is 132 cm³/mol. The molecule has 194 valence electrons. The number of primary amides is 1. The highest BCUT2D eigenvalue weighted by Crippen LogP contribution is 2.53. The monoisotopic (exact) mass is 500 g/mol. The molecule has 0 saturated heterocycles. The van der Waals surface area contributed by atoms with E-state index in [1.165, 1.54) is 4.90 Å². The summed E-state index contributed by atoms with van der Waals surface area (Å²) in [7, 11) is 3.18. The van der Waals surface area contributed by atoms with Crippen LogP contribution in [0.5, 0.6) is 5.75 Å². The lowest BCUT2D eigenvalue weighted by atomic mass is 9.58. The van der Waals surface area contributed by atoms with E-state index in [0.717, 1.165) is 0 Å². The summed E-state index contributed by atoms with van der Waals surface area (Å²) in [5.74, 6) is -6.90. The van der Waals surface area contributed by atoms with E-state index in [-0.39, 0.29) is 29.7 Å². The Balaban J connectivity index is 1.98. The molecule has 0 aliphatic heterocycles. The zero-order valence-corrected chi connectivity index (χ0v) is 20.7. The first-order valence-corrected chi connectivity index (χ1v) is 11.9. The number of amides is 1. The number of aromatic hydroxyl groups is 1. The number of anilines is 2. The van der Waals surface area contributed by atoms with E-state index in [2.05, 4.69) is 0 Å². The average molecular weight is 501 g/mol. The topological polar surface area (TPSA) is 191 Å². The summed E-state index contributed by atoms with van der Waals surface area (Å²) in [6.07, 6.45) is 0.253. The van der Waals surface area contributed by atoms with Crippen LogP contribution < -0.4 is 16.4 Å². The third-order valence-corrected chi connectivity index (χ3v) is 7.83. The largest absolute Gasteiger partial charge is 0.510 e. The Morgan fingerprint density at radius 1 is 1.17 bits per heavy atom. The Morgan fingerprint density at radius 3 is 2.31 bits per heavy atom. The number of fused-ring (bicyclic) bond motifs is 3. The maximum atomic E-state index is 13.8. The van der Waals surface area contributed by atoms with Crippen LogP contribution in [0.15, 0.2) is 28.7 Å². The van der Waals surface area contributed by atoms with E-state index in [1.54, 1.807) is 20.2 Å². The second-order valence-corrected chi connectivity index (χ2v) is 9.82. The van der Waals surface area contributed by atoms with E-state index in [0.29, 0.717) is 24.3 Å². The van der Waals surface area contributed by atoms with Crippen molar-refractivity contribution in [2.45, 2.75) is 38.3 Å². The predicted octanol–water partition coefficient (Wildman–Crippen LogP) is 0.549. The zero-order chi connectivity index (χ0) is 26.9. The Morgan fingerprint density at radius 2 is 1.78 bits per heavy atom. The van der Waals surface area contributed by atoms with Gasteiger partial charge >= 0.3 is 0 Å². The van der Waals surface area contributed by atoms with E-state index >= 15 is 0 Å². The number of aliphatic hydroxyl groups excluding tert-OH is 2. The Labute approximate surface area is 208 Å². The molecule has 3 aliphatic rings. The fourth-order valence-electron chi connectivity index (χ4n) is 6.17. The van der Waals surface area contributed by atoms with Gasteiger partial charge in [0.05, 0.1) is 17.3 Å². The van der Waals surface area contributed by atoms with Crippen LogP contribution in [0.2, 0.25) is 0 Å². The second kappa shape index (κ2) is 8.52. The van der Waals surface area contributed by atoms with Gasteiger partial charge in [-0.05, 0) is 58.3 Å². The van der Waals surface area contributed by atoms with Gasteiger partial charge in [-0.25, -0.2) is 0 Å². The summed E-state index contributed by atoms with van der Waals surface area (Å²) in [5, 5.41) is 44.5. The number of aliphatic hydroxyl groups is 3. The molecule has 0 fully saturated rings. The number of ketones is 2. The summed E-state index contributed by atoms with van der Waals surface area (Å²) < 4.78 is 0. The lowest BCUT2D eigenvalue weighted by Crippen LogP contribution is -2.63. The molecule has 0 bridgehead atoms. The number of allylic oxidation sites excluding steroid dienone is 1. The second-order valence-electron chi connectivity index (χ2n) is 9.82. The molecule has 0 heterocycles. The fraction of sp³-hybridized carbons (Fsp3) is 0.480. The molecule has 11 nitrogen and oxygen atoms in total. The van der Waals surface area contributed by atoms with Crippen molar-refractivity contribution in [1.82, 2.24) is 4.90 Å². The number of Topliss-reactive ketones (excluding diaryl/α,β-unsaturated/α-hetero) is 2. The van der Waals surface area contributed by atoms with Crippen molar-refractivity contribution < 1.29 is 34.8 Å². The van der Waals surface area contributed by atoms with Crippen LogP contribution in [-0.2, 0) is 16.0 Å². The number of phenols is 1. The van der Waals surface area contributed by atoms with Gasteiger partial charge in [-0.1, -0.05) is 0 Å². The maximum Gasteiger partial charge on any atom is 0.255 e. The van der Waals surface area contributed by atoms with Crippen LogP contribution in [-0.4, -0.2) is 81.6 Å². The molecule has 4 rings (SSSR count). The number of phenolic OH excluding ortho intramolecular Hbond substituents is 1. The Kier molecular flexibility index (Phi) is 6.04. The molecule has 0 saturated carbocycles. The van der Waals surface area contributed by atoms with Crippen molar-refractivity contribution >= 4 is 28.8 Å². The van der Waals surface area contributed by atoms with E-state index < -0.39 is 63.8 Å². The van der Waals surface area contributed by atoms with Gasteiger partial charge < -0.3 is 36.8 Å². The molecule has 0 radical (unpaired) electrons. The number of carbonyl (C=O) groups excluding carboxylic acids is 3. The first kappa shape index (κ1) is 25.5. The van der Waals surface area contributed by atoms with E-state index in [1.807, 2.05) is 18.7 Å². The molecule has 1 aromatic carbocycles. The molecule has 0 aromatic heterocycles. The number of nitrogens with zero attached hydrogens (tertiary/aromatic N) is 2. The van der Waals surface area contributed by atoms with Crippen molar-refractivity contribution in [1.29, 1.82) is 0 Å². The molecule has 8 N–H and O–H groups in total. The highest BCUT2D eigenvalue weighted by Gasteiger charge is 2.63. The number of benzene rings is 1. The summed E-state index contributed by atoms with van der Waals surface area (Å²) >= 11 is 0.